The molecule has 0 radical (unpaired) electrons. The highest BCUT2D eigenvalue weighted by atomic mass is 16.6. The molecule has 1 aliphatic rings. The predicted octanol–water partition coefficient (Wildman–Crippen LogP) is 1.41. The van der Waals surface area contributed by atoms with E-state index in [0.29, 0.717) is 19.1 Å². The van der Waals surface area contributed by atoms with Crippen LogP contribution in [0.2, 0.25) is 0 Å². The summed E-state index contributed by atoms with van der Waals surface area (Å²) in [4.78, 5) is 4.53. The van der Waals surface area contributed by atoms with E-state index in [2.05, 4.69) is 23.9 Å². The van der Waals surface area contributed by atoms with Gasteiger partial charge in [0.25, 0.3) is 0 Å². The summed E-state index contributed by atoms with van der Waals surface area (Å²) in [5.74, 6) is 5.31. The molecule has 0 amide bonds. The van der Waals surface area contributed by atoms with Gasteiger partial charge in [-0.1, -0.05) is 31.2 Å². The molecule has 0 fully saturated rings. The van der Waals surface area contributed by atoms with Crippen LogP contribution in [-0.4, -0.2) is 19.3 Å². The number of nitrogens with two attached hydrogens (primary N) is 1. The monoisotopic (exact) mass is 183 g/mol. The van der Waals surface area contributed by atoms with Crippen molar-refractivity contribution in [2.45, 2.75) is 19.4 Å². The van der Waals surface area contributed by atoms with E-state index >= 15 is 0 Å². The van der Waals surface area contributed by atoms with Gasteiger partial charge in [0.2, 0.25) is 0 Å². The van der Waals surface area contributed by atoms with Crippen molar-refractivity contribution in [2.75, 3.05) is 13.2 Å². The minimum Gasteiger partial charge on any atom is -0.373 e. The third-order valence-electron chi connectivity index (χ3n) is 1.92. The largest absolute Gasteiger partial charge is 0.373 e. The van der Waals surface area contributed by atoms with Crippen molar-refractivity contribution in [3.63, 3.8) is 0 Å². The molecule has 0 aromatic rings. The summed E-state index contributed by atoms with van der Waals surface area (Å²) in [6.07, 6.45) is 9.41. The molecule has 0 spiro atoms. The number of hydrogen-bond donors (Lipinski definition) is 1. The van der Waals surface area contributed by atoms with Crippen LogP contribution in [0.3, 0.4) is 0 Å². The second-order valence-corrected chi connectivity index (χ2v) is 3.36. The van der Waals surface area contributed by atoms with Gasteiger partial charge < -0.3 is 9.57 Å². The van der Waals surface area contributed by atoms with Gasteiger partial charge >= 0.3 is 0 Å². The van der Waals surface area contributed by atoms with E-state index in [1.165, 1.54) is 0 Å². The Labute approximate surface area is 79.2 Å². The summed E-state index contributed by atoms with van der Waals surface area (Å²) in [7, 11) is 0. The number of hydrogen-bond acceptors (Lipinski definition) is 3. The van der Waals surface area contributed by atoms with Crippen molar-refractivity contribution in [1.29, 1.82) is 0 Å². The van der Waals surface area contributed by atoms with Gasteiger partial charge in [0, 0.05) is 5.92 Å². The van der Waals surface area contributed by atoms with E-state index in [4.69, 9.17) is 10.6 Å². The first-order chi connectivity index (χ1) is 6.33. The SMILES string of the molecule is CC(CON)COC1C=CC=CC1. The van der Waals surface area contributed by atoms with Gasteiger partial charge in [0.1, 0.15) is 0 Å². The van der Waals surface area contributed by atoms with Crippen LogP contribution in [0.4, 0.5) is 0 Å². The van der Waals surface area contributed by atoms with E-state index in [1.807, 2.05) is 12.2 Å². The van der Waals surface area contributed by atoms with Crippen LogP contribution >= 0.6 is 0 Å². The molecule has 0 aromatic heterocycles. The van der Waals surface area contributed by atoms with E-state index in [0.717, 1.165) is 6.42 Å². The van der Waals surface area contributed by atoms with Crippen molar-refractivity contribution in [3.8, 4) is 0 Å². The molecule has 0 heterocycles. The first kappa shape index (κ1) is 10.4. The first-order valence-corrected chi connectivity index (χ1v) is 4.59. The lowest BCUT2D eigenvalue weighted by atomic mass is 10.1. The van der Waals surface area contributed by atoms with E-state index in [9.17, 15) is 0 Å². The summed E-state index contributed by atoms with van der Waals surface area (Å²) in [5.41, 5.74) is 0. The van der Waals surface area contributed by atoms with Crippen LogP contribution in [0.25, 0.3) is 0 Å². The van der Waals surface area contributed by atoms with Crippen molar-refractivity contribution in [2.24, 2.45) is 11.8 Å². The zero-order valence-corrected chi connectivity index (χ0v) is 7.98. The van der Waals surface area contributed by atoms with Crippen molar-refractivity contribution in [1.82, 2.24) is 0 Å². The smallest absolute Gasteiger partial charge is 0.0793 e. The van der Waals surface area contributed by atoms with Crippen LogP contribution in [0.1, 0.15) is 13.3 Å². The summed E-state index contributed by atoms with van der Waals surface area (Å²) in [6, 6.07) is 0. The van der Waals surface area contributed by atoms with Gasteiger partial charge in [-0.15, -0.1) is 0 Å². The van der Waals surface area contributed by atoms with Crippen molar-refractivity contribution >= 4 is 0 Å². The quantitative estimate of drug-likeness (QED) is 0.655. The zero-order valence-electron chi connectivity index (χ0n) is 7.98. The minimum absolute atomic E-state index is 0.227. The van der Waals surface area contributed by atoms with Crippen LogP contribution in [0, 0.1) is 5.92 Å². The molecule has 74 valence electrons. The zero-order chi connectivity index (χ0) is 9.52. The Morgan fingerprint density at radius 3 is 2.92 bits per heavy atom. The Kier molecular flexibility index (Phi) is 4.75. The molecule has 1 aliphatic carbocycles. The summed E-state index contributed by atoms with van der Waals surface area (Å²) in [5, 5.41) is 0. The average molecular weight is 183 g/mol. The van der Waals surface area contributed by atoms with Crippen LogP contribution < -0.4 is 5.90 Å². The molecule has 2 N–H and O–H groups in total. The fourth-order valence-corrected chi connectivity index (χ4v) is 1.18. The molecule has 3 heteroatoms. The van der Waals surface area contributed by atoms with Crippen LogP contribution in [-0.2, 0) is 9.57 Å². The topological polar surface area (TPSA) is 44.5 Å². The Balaban J connectivity index is 2.11. The Morgan fingerprint density at radius 2 is 2.31 bits per heavy atom. The molecule has 2 unspecified atom stereocenters. The lowest BCUT2D eigenvalue weighted by molar-refractivity contribution is 0.0236. The van der Waals surface area contributed by atoms with Crippen LogP contribution in [0.15, 0.2) is 24.3 Å². The molecule has 0 aliphatic heterocycles. The number of rotatable bonds is 5. The van der Waals surface area contributed by atoms with Gasteiger partial charge in [-0.25, -0.2) is 5.90 Å². The van der Waals surface area contributed by atoms with E-state index in [-0.39, 0.29) is 6.10 Å². The van der Waals surface area contributed by atoms with Crippen molar-refractivity contribution in [3.05, 3.63) is 24.3 Å². The van der Waals surface area contributed by atoms with E-state index in [1.54, 1.807) is 0 Å². The maximum absolute atomic E-state index is 5.62. The Morgan fingerprint density at radius 1 is 1.46 bits per heavy atom. The average Bonchev–Trinajstić information content (AvgIpc) is 2.17. The normalized spacial score (nSPS) is 23.4. The molecule has 0 bridgehead atoms. The molecule has 1 rings (SSSR count). The summed E-state index contributed by atoms with van der Waals surface area (Å²) >= 11 is 0. The van der Waals surface area contributed by atoms with Crippen molar-refractivity contribution < 1.29 is 9.57 Å². The highest BCUT2D eigenvalue weighted by Gasteiger charge is 2.08. The maximum Gasteiger partial charge on any atom is 0.0793 e. The Hall–Kier alpha value is -0.640. The maximum atomic E-state index is 5.62. The molecule has 0 saturated carbocycles. The summed E-state index contributed by atoms with van der Waals surface area (Å²) in [6.45, 7) is 3.29. The highest BCUT2D eigenvalue weighted by Crippen LogP contribution is 2.09. The second-order valence-electron chi connectivity index (χ2n) is 3.36. The molecule has 0 aromatic carbocycles. The van der Waals surface area contributed by atoms with Gasteiger partial charge in [0.05, 0.1) is 19.3 Å². The molecular formula is C10H17NO2. The fraction of sp³-hybridized carbons (Fsp3) is 0.600. The molecule has 2 atom stereocenters. The predicted molar refractivity (Wildman–Crippen MR) is 51.9 cm³/mol. The molecule has 3 nitrogen and oxygen atoms in total. The summed E-state index contributed by atoms with van der Waals surface area (Å²) < 4.78 is 5.62. The minimum atomic E-state index is 0.227. The standard InChI is InChI=1S/C10H17NO2/c1-9(8-13-11)7-12-10-5-3-2-4-6-10/h2-5,9-10H,6-8,11H2,1H3. The highest BCUT2D eigenvalue weighted by molar-refractivity contribution is 5.11. The lowest BCUT2D eigenvalue weighted by Gasteiger charge is -2.17. The molecular weight excluding hydrogens is 166 g/mol. The van der Waals surface area contributed by atoms with Gasteiger partial charge in [-0.3, -0.25) is 0 Å². The van der Waals surface area contributed by atoms with E-state index < -0.39 is 0 Å². The first-order valence-electron chi connectivity index (χ1n) is 4.59. The number of ether oxygens (including phenoxy) is 1. The van der Waals surface area contributed by atoms with Crippen LogP contribution in [0.5, 0.6) is 0 Å². The molecule has 13 heavy (non-hydrogen) atoms. The van der Waals surface area contributed by atoms with Gasteiger partial charge in [-0.05, 0) is 6.42 Å². The lowest BCUT2D eigenvalue weighted by Crippen LogP contribution is -2.20. The molecule has 0 saturated heterocycles. The fourth-order valence-electron chi connectivity index (χ4n) is 1.18. The Bertz CT molecular complexity index is 189. The third kappa shape index (κ3) is 4.22. The number of allylic oxidation sites excluding steroid dienone is 2. The van der Waals surface area contributed by atoms with Gasteiger partial charge in [-0.2, -0.15) is 0 Å². The second kappa shape index (κ2) is 5.91. The van der Waals surface area contributed by atoms with Gasteiger partial charge in [0.15, 0.2) is 0 Å². The third-order valence-corrected chi connectivity index (χ3v) is 1.92.